The summed E-state index contributed by atoms with van der Waals surface area (Å²) in [6.07, 6.45) is -3.97. The number of nitrogens with two attached hydrogens (primary N) is 1. The fourth-order valence-electron chi connectivity index (χ4n) is 1.48. The second kappa shape index (κ2) is 5.44. The Morgan fingerprint density at radius 3 is 2.33 bits per heavy atom. The van der Waals surface area contributed by atoms with E-state index in [1.54, 1.807) is 0 Å². The quantitative estimate of drug-likeness (QED) is 0.555. The maximum absolute atomic E-state index is 11.3. The minimum atomic E-state index is -4.06. The van der Waals surface area contributed by atoms with Crippen LogP contribution in [-0.4, -0.2) is 35.8 Å². The Morgan fingerprint density at radius 2 is 1.83 bits per heavy atom. The average Bonchev–Trinajstić information content (AvgIpc) is 2.26. The molecule has 1 rings (SSSR count). The van der Waals surface area contributed by atoms with Crippen molar-refractivity contribution in [3.8, 4) is 0 Å². The summed E-state index contributed by atoms with van der Waals surface area (Å²) < 4.78 is 22.5. The van der Waals surface area contributed by atoms with Gasteiger partial charge in [0, 0.05) is 5.56 Å². The maximum atomic E-state index is 11.3. The fraction of sp³-hybridized carbons (Fsp3) is 0.300. The van der Waals surface area contributed by atoms with Gasteiger partial charge in [0.05, 0.1) is 17.4 Å². The lowest BCUT2D eigenvalue weighted by atomic mass is 10.0. The topological polar surface area (TPSA) is 138 Å². The predicted octanol–water partition coefficient (Wildman–Crippen LogP) is -0.797. The summed E-state index contributed by atoms with van der Waals surface area (Å²) in [5.41, 5.74) is -0.131. The fourth-order valence-corrected chi connectivity index (χ4v) is 2.27. The van der Waals surface area contributed by atoms with Gasteiger partial charge < -0.3 is 15.3 Å². The first-order valence-corrected chi connectivity index (χ1v) is 6.47. The van der Waals surface area contributed by atoms with E-state index < -0.39 is 34.6 Å². The van der Waals surface area contributed by atoms with E-state index in [2.05, 4.69) is 0 Å². The van der Waals surface area contributed by atoms with E-state index >= 15 is 0 Å². The highest BCUT2D eigenvalue weighted by Crippen LogP contribution is 2.25. The van der Waals surface area contributed by atoms with E-state index in [1.807, 2.05) is 0 Å². The lowest BCUT2D eigenvalue weighted by molar-refractivity contribution is -0.141. The maximum Gasteiger partial charge on any atom is 0.306 e. The molecular formula is C10H13NO6S. The molecule has 7 nitrogen and oxygen atoms in total. The van der Waals surface area contributed by atoms with Gasteiger partial charge in [-0.25, -0.2) is 13.6 Å². The zero-order chi connectivity index (χ0) is 13.9. The molecule has 0 aliphatic heterocycles. The second-order valence-electron chi connectivity index (χ2n) is 3.69. The van der Waals surface area contributed by atoms with E-state index in [1.165, 1.54) is 24.3 Å². The third-order valence-corrected chi connectivity index (χ3v) is 3.28. The molecule has 5 N–H and O–H groups in total. The molecule has 8 heteroatoms. The normalized spacial score (nSPS) is 15.1. The second-order valence-corrected chi connectivity index (χ2v) is 5.22. The van der Waals surface area contributed by atoms with Crippen LogP contribution < -0.4 is 5.14 Å². The van der Waals surface area contributed by atoms with E-state index in [-0.39, 0.29) is 10.5 Å². The van der Waals surface area contributed by atoms with Gasteiger partial charge >= 0.3 is 5.97 Å². The number of hydrogen-bond acceptors (Lipinski definition) is 5. The Bertz CT molecular complexity index is 541. The smallest absolute Gasteiger partial charge is 0.306 e. The number of aliphatic hydroxyl groups is 2. The molecule has 0 aromatic heterocycles. The minimum absolute atomic E-state index is 0.131. The Labute approximate surface area is 104 Å². The van der Waals surface area contributed by atoms with Gasteiger partial charge in [-0.2, -0.15) is 0 Å². The number of primary sulfonamides is 1. The van der Waals surface area contributed by atoms with Gasteiger partial charge in [0.25, 0.3) is 0 Å². The van der Waals surface area contributed by atoms with Crippen LogP contribution in [0.15, 0.2) is 29.2 Å². The molecule has 0 amide bonds. The van der Waals surface area contributed by atoms with Crippen molar-refractivity contribution in [2.75, 3.05) is 0 Å². The Hall–Kier alpha value is -1.48. The third kappa shape index (κ3) is 3.50. The average molecular weight is 275 g/mol. The lowest BCUT2D eigenvalue weighted by Gasteiger charge is -2.18. The molecule has 2 atom stereocenters. The monoisotopic (exact) mass is 275 g/mol. The van der Waals surface area contributed by atoms with Crippen LogP contribution in [0.2, 0.25) is 0 Å². The number of carbonyl (C=O) groups is 1. The summed E-state index contributed by atoms with van der Waals surface area (Å²) in [6.45, 7) is 0. The zero-order valence-corrected chi connectivity index (χ0v) is 10.0. The van der Waals surface area contributed by atoms with Crippen molar-refractivity contribution in [3.63, 3.8) is 0 Å². The highest BCUT2D eigenvalue weighted by atomic mass is 32.2. The van der Waals surface area contributed by atoms with Crippen LogP contribution in [-0.2, 0) is 14.8 Å². The van der Waals surface area contributed by atoms with Gasteiger partial charge in [-0.05, 0) is 6.07 Å². The Kier molecular flexibility index (Phi) is 4.41. The number of sulfonamides is 1. The Morgan fingerprint density at radius 1 is 1.28 bits per heavy atom. The molecule has 0 bridgehead atoms. The highest BCUT2D eigenvalue weighted by Gasteiger charge is 2.26. The summed E-state index contributed by atoms with van der Waals surface area (Å²) in [5.74, 6) is -1.31. The molecule has 100 valence electrons. The van der Waals surface area contributed by atoms with Crippen LogP contribution in [0.3, 0.4) is 0 Å². The summed E-state index contributed by atoms with van der Waals surface area (Å²) in [4.78, 5) is 10.1. The van der Waals surface area contributed by atoms with Gasteiger partial charge in [0.1, 0.15) is 6.10 Å². The molecule has 2 unspecified atom stereocenters. The molecule has 0 aliphatic rings. The molecule has 0 spiro atoms. The van der Waals surface area contributed by atoms with Crippen LogP contribution >= 0.6 is 0 Å². The van der Waals surface area contributed by atoms with E-state index in [0.29, 0.717) is 0 Å². The van der Waals surface area contributed by atoms with Crippen molar-refractivity contribution in [1.29, 1.82) is 0 Å². The molecule has 0 heterocycles. The SMILES string of the molecule is NS(=O)(=O)c1ccccc1C(O)C(O)CC(=O)O. The summed E-state index contributed by atoms with van der Waals surface area (Å²) in [5, 5.41) is 32.7. The number of aliphatic hydroxyl groups excluding tert-OH is 2. The van der Waals surface area contributed by atoms with Gasteiger partial charge in [-0.15, -0.1) is 0 Å². The highest BCUT2D eigenvalue weighted by molar-refractivity contribution is 7.89. The number of hydrogen-bond donors (Lipinski definition) is 4. The van der Waals surface area contributed by atoms with Crippen LogP contribution in [0.4, 0.5) is 0 Å². The van der Waals surface area contributed by atoms with Gasteiger partial charge in [-0.3, -0.25) is 4.79 Å². The van der Waals surface area contributed by atoms with Crippen molar-refractivity contribution >= 4 is 16.0 Å². The molecule has 1 aromatic carbocycles. The number of aliphatic carboxylic acids is 1. The minimum Gasteiger partial charge on any atom is -0.481 e. The molecule has 0 radical (unpaired) electrons. The molecule has 1 aromatic rings. The van der Waals surface area contributed by atoms with Crippen LogP contribution in [0, 0.1) is 0 Å². The molecule has 0 fully saturated rings. The first-order chi connectivity index (χ1) is 8.23. The molecule has 18 heavy (non-hydrogen) atoms. The Balaban J connectivity index is 3.14. The largest absolute Gasteiger partial charge is 0.481 e. The first-order valence-electron chi connectivity index (χ1n) is 4.93. The van der Waals surface area contributed by atoms with Crippen LogP contribution in [0.1, 0.15) is 18.1 Å². The van der Waals surface area contributed by atoms with Gasteiger partial charge in [0.2, 0.25) is 10.0 Å². The summed E-state index contributed by atoms with van der Waals surface area (Å²) >= 11 is 0. The molecule has 0 saturated carbocycles. The number of carboxylic acid groups (broad SMARTS) is 1. The van der Waals surface area contributed by atoms with Crippen LogP contribution in [0.25, 0.3) is 0 Å². The number of rotatable bonds is 5. The van der Waals surface area contributed by atoms with E-state index in [9.17, 15) is 23.4 Å². The summed E-state index contributed by atoms with van der Waals surface area (Å²) in [7, 11) is -4.06. The predicted molar refractivity (Wildman–Crippen MR) is 61.0 cm³/mol. The van der Waals surface area contributed by atoms with Crippen molar-refractivity contribution in [2.24, 2.45) is 5.14 Å². The molecule has 0 saturated heterocycles. The number of benzene rings is 1. The third-order valence-electron chi connectivity index (χ3n) is 2.29. The van der Waals surface area contributed by atoms with Crippen molar-refractivity contribution in [2.45, 2.75) is 23.5 Å². The van der Waals surface area contributed by atoms with Gasteiger partial charge in [-0.1, -0.05) is 18.2 Å². The van der Waals surface area contributed by atoms with E-state index in [0.717, 1.165) is 0 Å². The summed E-state index contributed by atoms with van der Waals surface area (Å²) in [6, 6.07) is 5.27. The van der Waals surface area contributed by atoms with E-state index in [4.69, 9.17) is 10.2 Å². The van der Waals surface area contributed by atoms with Crippen LogP contribution in [0.5, 0.6) is 0 Å². The number of carboxylic acids is 1. The van der Waals surface area contributed by atoms with Crippen molar-refractivity contribution in [3.05, 3.63) is 29.8 Å². The van der Waals surface area contributed by atoms with Crippen molar-refractivity contribution < 1.29 is 28.5 Å². The molecule has 0 aliphatic carbocycles. The van der Waals surface area contributed by atoms with Crippen molar-refractivity contribution in [1.82, 2.24) is 0 Å². The first kappa shape index (κ1) is 14.6. The van der Waals surface area contributed by atoms with Gasteiger partial charge in [0.15, 0.2) is 0 Å². The zero-order valence-electron chi connectivity index (χ0n) is 9.22. The lowest BCUT2D eigenvalue weighted by Crippen LogP contribution is -2.24. The molecular weight excluding hydrogens is 262 g/mol. The standard InChI is InChI=1S/C10H13NO6S/c11-18(16,17)8-4-2-1-3-6(8)10(15)7(12)5-9(13)14/h1-4,7,10,12,15H,5H2,(H,13,14)(H2,11,16,17).